The minimum absolute atomic E-state index is 0. The van der Waals surface area contributed by atoms with Gasteiger partial charge in [0.2, 0.25) is 0 Å². The van der Waals surface area contributed by atoms with Crippen molar-refractivity contribution in [2.24, 2.45) is 4.99 Å². The second-order valence-electron chi connectivity index (χ2n) is 5.46. The summed E-state index contributed by atoms with van der Waals surface area (Å²) in [7, 11) is 1.80. The Labute approximate surface area is 135 Å². The van der Waals surface area contributed by atoms with Crippen molar-refractivity contribution in [1.82, 2.24) is 15.5 Å². The summed E-state index contributed by atoms with van der Waals surface area (Å²) in [6, 6.07) is 0. The molecule has 5 heteroatoms. The van der Waals surface area contributed by atoms with E-state index >= 15 is 0 Å². The molecule has 1 aliphatic rings. The van der Waals surface area contributed by atoms with Gasteiger partial charge in [0.05, 0.1) is 0 Å². The topological polar surface area (TPSA) is 39.7 Å². The smallest absolute Gasteiger partial charge is 0.191 e. The first-order valence-corrected chi connectivity index (χ1v) is 6.90. The monoisotopic (exact) mass is 380 g/mol. The molecule has 4 nitrogen and oxygen atoms in total. The van der Waals surface area contributed by atoms with E-state index in [0.717, 1.165) is 19.0 Å². The van der Waals surface area contributed by atoms with Gasteiger partial charge >= 0.3 is 0 Å². The predicted octanol–water partition coefficient (Wildman–Crippen LogP) is 2.22. The summed E-state index contributed by atoms with van der Waals surface area (Å²) in [5.41, 5.74) is 0.173. The molecular weight excluding hydrogens is 351 g/mol. The minimum atomic E-state index is 0. The molecular formula is C14H29IN4. The number of aliphatic imine (C=N–C) groups is 1. The van der Waals surface area contributed by atoms with Crippen molar-refractivity contribution in [3.63, 3.8) is 0 Å². The van der Waals surface area contributed by atoms with Crippen molar-refractivity contribution in [1.29, 1.82) is 0 Å². The first-order chi connectivity index (χ1) is 8.60. The number of nitrogens with zero attached hydrogens (tertiary/aromatic N) is 2. The van der Waals surface area contributed by atoms with Crippen molar-refractivity contribution in [3.8, 4) is 0 Å². The van der Waals surface area contributed by atoms with E-state index in [1.54, 1.807) is 7.05 Å². The summed E-state index contributed by atoms with van der Waals surface area (Å²) >= 11 is 0. The maximum atomic E-state index is 4.20. The highest BCUT2D eigenvalue weighted by Gasteiger charge is 2.27. The molecule has 1 saturated heterocycles. The first-order valence-electron chi connectivity index (χ1n) is 6.90. The Hall–Kier alpha value is -0.300. The van der Waals surface area contributed by atoms with Crippen molar-refractivity contribution < 1.29 is 0 Å². The van der Waals surface area contributed by atoms with Crippen molar-refractivity contribution in [2.75, 3.05) is 33.2 Å². The molecule has 0 radical (unpaired) electrons. The standard InChI is InChI=1S/C14H28N4.HI/c1-5-9-16-13(15-4)17-12-14(2,3)18-10-7-6-8-11-18;/h5H,1,6-12H2,2-4H3,(H2,15,16,17);1H. The minimum Gasteiger partial charge on any atom is -0.355 e. The normalized spacial score (nSPS) is 17.5. The summed E-state index contributed by atoms with van der Waals surface area (Å²) in [6.07, 6.45) is 5.87. The molecule has 0 spiro atoms. The van der Waals surface area contributed by atoms with Crippen LogP contribution in [0.3, 0.4) is 0 Å². The molecule has 1 aliphatic heterocycles. The van der Waals surface area contributed by atoms with Gasteiger partial charge < -0.3 is 10.6 Å². The molecule has 0 aromatic carbocycles. The van der Waals surface area contributed by atoms with Crippen LogP contribution in [0, 0.1) is 0 Å². The Balaban J connectivity index is 0.00000324. The van der Waals surface area contributed by atoms with Crippen LogP contribution in [0.2, 0.25) is 0 Å². The van der Waals surface area contributed by atoms with E-state index in [1.165, 1.54) is 32.4 Å². The van der Waals surface area contributed by atoms with Gasteiger partial charge in [-0.2, -0.15) is 0 Å². The number of hydrogen-bond acceptors (Lipinski definition) is 2. The van der Waals surface area contributed by atoms with Gasteiger partial charge in [0.15, 0.2) is 5.96 Å². The zero-order valence-corrected chi connectivity index (χ0v) is 14.9. The third kappa shape index (κ3) is 6.61. The summed E-state index contributed by atoms with van der Waals surface area (Å²) < 4.78 is 0. The fourth-order valence-corrected chi connectivity index (χ4v) is 2.30. The van der Waals surface area contributed by atoms with Crippen molar-refractivity contribution >= 4 is 29.9 Å². The van der Waals surface area contributed by atoms with E-state index in [9.17, 15) is 0 Å². The van der Waals surface area contributed by atoms with Gasteiger partial charge in [-0.3, -0.25) is 9.89 Å². The third-order valence-corrected chi connectivity index (χ3v) is 3.54. The number of halogens is 1. The lowest BCUT2D eigenvalue weighted by atomic mass is 9.98. The molecule has 0 aliphatic carbocycles. The number of likely N-dealkylation sites (tertiary alicyclic amines) is 1. The summed E-state index contributed by atoms with van der Waals surface area (Å²) in [4.78, 5) is 6.78. The van der Waals surface area contributed by atoms with E-state index in [-0.39, 0.29) is 29.5 Å². The molecule has 0 bridgehead atoms. The number of piperidine rings is 1. The van der Waals surface area contributed by atoms with E-state index in [1.807, 2.05) is 6.08 Å². The summed E-state index contributed by atoms with van der Waals surface area (Å²) in [5.74, 6) is 0.847. The highest BCUT2D eigenvalue weighted by Crippen LogP contribution is 2.19. The largest absolute Gasteiger partial charge is 0.355 e. The Morgan fingerprint density at radius 3 is 2.42 bits per heavy atom. The van der Waals surface area contributed by atoms with Gasteiger partial charge in [0, 0.05) is 25.7 Å². The lowest BCUT2D eigenvalue weighted by Crippen LogP contribution is -2.54. The summed E-state index contributed by atoms with van der Waals surface area (Å²) in [6.45, 7) is 12.4. The van der Waals surface area contributed by atoms with Gasteiger partial charge in [-0.1, -0.05) is 12.5 Å². The van der Waals surface area contributed by atoms with Crippen LogP contribution in [-0.2, 0) is 0 Å². The van der Waals surface area contributed by atoms with Gasteiger partial charge in [-0.05, 0) is 39.8 Å². The van der Waals surface area contributed by atoms with Gasteiger partial charge in [0.25, 0.3) is 0 Å². The number of rotatable bonds is 5. The highest BCUT2D eigenvalue weighted by molar-refractivity contribution is 14.0. The first kappa shape index (κ1) is 18.7. The maximum Gasteiger partial charge on any atom is 0.191 e. The van der Waals surface area contributed by atoms with Crippen LogP contribution in [-0.4, -0.2) is 49.6 Å². The Bertz CT molecular complexity index is 283. The van der Waals surface area contributed by atoms with Crippen LogP contribution in [0.15, 0.2) is 17.6 Å². The molecule has 1 fully saturated rings. The SMILES string of the molecule is C=CCNC(=NC)NCC(C)(C)N1CCCCC1.I. The highest BCUT2D eigenvalue weighted by atomic mass is 127. The molecule has 0 amide bonds. The van der Waals surface area contributed by atoms with Crippen molar-refractivity contribution in [3.05, 3.63) is 12.7 Å². The Kier molecular flexibility index (Phi) is 9.43. The van der Waals surface area contributed by atoms with E-state index in [0.29, 0.717) is 0 Å². The van der Waals surface area contributed by atoms with Gasteiger partial charge in [-0.25, -0.2) is 0 Å². The number of nitrogens with one attached hydrogen (secondary N) is 2. The van der Waals surface area contributed by atoms with E-state index in [4.69, 9.17) is 0 Å². The molecule has 19 heavy (non-hydrogen) atoms. The average molecular weight is 380 g/mol. The van der Waals surface area contributed by atoms with Gasteiger partial charge in [-0.15, -0.1) is 30.6 Å². The van der Waals surface area contributed by atoms with Crippen LogP contribution in [0.1, 0.15) is 33.1 Å². The third-order valence-electron chi connectivity index (χ3n) is 3.54. The fourth-order valence-electron chi connectivity index (χ4n) is 2.30. The zero-order chi connectivity index (χ0) is 13.4. The predicted molar refractivity (Wildman–Crippen MR) is 94.5 cm³/mol. The molecule has 0 saturated carbocycles. The lowest BCUT2D eigenvalue weighted by Gasteiger charge is -2.41. The van der Waals surface area contributed by atoms with Crippen LogP contribution in [0.5, 0.6) is 0 Å². The molecule has 1 heterocycles. The Morgan fingerprint density at radius 2 is 1.89 bits per heavy atom. The molecule has 0 unspecified atom stereocenters. The van der Waals surface area contributed by atoms with E-state index < -0.39 is 0 Å². The second kappa shape index (κ2) is 9.58. The molecule has 112 valence electrons. The van der Waals surface area contributed by atoms with Crippen LogP contribution in [0.25, 0.3) is 0 Å². The maximum absolute atomic E-state index is 4.20. The van der Waals surface area contributed by atoms with Crippen molar-refractivity contribution in [2.45, 2.75) is 38.6 Å². The van der Waals surface area contributed by atoms with Crippen LogP contribution >= 0.6 is 24.0 Å². The lowest BCUT2D eigenvalue weighted by molar-refractivity contribution is 0.0982. The molecule has 0 atom stereocenters. The zero-order valence-electron chi connectivity index (χ0n) is 12.5. The summed E-state index contributed by atoms with van der Waals surface area (Å²) in [5, 5.41) is 6.59. The molecule has 0 aromatic rings. The van der Waals surface area contributed by atoms with Crippen LogP contribution in [0.4, 0.5) is 0 Å². The second-order valence-corrected chi connectivity index (χ2v) is 5.46. The molecule has 2 N–H and O–H groups in total. The molecule has 0 aromatic heterocycles. The average Bonchev–Trinajstić information content (AvgIpc) is 2.40. The quantitative estimate of drug-likeness (QED) is 0.333. The number of hydrogen-bond donors (Lipinski definition) is 2. The Morgan fingerprint density at radius 1 is 1.26 bits per heavy atom. The van der Waals surface area contributed by atoms with E-state index in [2.05, 4.69) is 41.0 Å². The van der Waals surface area contributed by atoms with Crippen LogP contribution < -0.4 is 10.6 Å². The van der Waals surface area contributed by atoms with Gasteiger partial charge in [0.1, 0.15) is 0 Å². The fraction of sp³-hybridized carbons (Fsp3) is 0.786. The molecule has 1 rings (SSSR count). The number of guanidine groups is 1.